The number of carbonyl (C=O) groups excluding carboxylic acids is 2. The number of primary amides is 1. The molecule has 4 heteroatoms. The topological polar surface area (TPSA) is 72.2 Å². The molecule has 4 nitrogen and oxygen atoms in total. The fraction of sp³-hybridized carbons (Fsp3) is 0.750. The third-order valence-corrected chi connectivity index (χ3v) is 1.38. The molecule has 0 aliphatic carbocycles. The molecule has 0 aliphatic rings. The van der Waals surface area contributed by atoms with Crippen molar-refractivity contribution in [3.05, 3.63) is 0 Å². The van der Waals surface area contributed by atoms with Gasteiger partial charge in [-0.3, -0.25) is 9.59 Å². The van der Waals surface area contributed by atoms with Crippen LogP contribution in [0.1, 0.15) is 26.7 Å². The molecule has 3 N–H and O–H groups in total. The van der Waals surface area contributed by atoms with E-state index in [9.17, 15) is 9.59 Å². The first kappa shape index (κ1) is 10.9. The smallest absolute Gasteiger partial charge is 0.229 e. The van der Waals surface area contributed by atoms with Gasteiger partial charge in [0.05, 0.1) is 0 Å². The maximum absolute atomic E-state index is 10.8. The third-order valence-electron chi connectivity index (χ3n) is 1.38. The zero-order valence-corrected chi connectivity index (χ0v) is 7.59. The summed E-state index contributed by atoms with van der Waals surface area (Å²) in [6.45, 7) is 4.75. The standard InChI is InChI=1S/C8H16N2O2/c1-6(2)3-4-10-8(12)5-7(9)11/h6H,3-5H2,1-2H3,(H2,9,11)(H,10,12). The second-order valence-corrected chi connectivity index (χ2v) is 3.18. The van der Waals surface area contributed by atoms with Gasteiger partial charge in [0, 0.05) is 6.54 Å². The lowest BCUT2D eigenvalue weighted by molar-refractivity contribution is -0.127. The molecule has 12 heavy (non-hydrogen) atoms. The van der Waals surface area contributed by atoms with Crippen LogP contribution in [0.5, 0.6) is 0 Å². The SMILES string of the molecule is CC(C)CCNC(=O)CC(N)=O. The number of nitrogens with two attached hydrogens (primary N) is 1. The maximum atomic E-state index is 10.8. The number of hydrogen-bond donors (Lipinski definition) is 2. The minimum Gasteiger partial charge on any atom is -0.369 e. The van der Waals surface area contributed by atoms with E-state index in [2.05, 4.69) is 19.2 Å². The molecule has 0 aromatic carbocycles. The molecule has 0 atom stereocenters. The van der Waals surface area contributed by atoms with Crippen LogP contribution in [0.25, 0.3) is 0 Å². The van der Waals surface area contributed by atoms with Crippen molar-refractivity contribution in [2.24, 2.45) is 11.7 Å². The molecule has 0 aliphatic heterocycles. The Morgan fingerprint density at radius 2 is 2.00 bits per heavy atom. The largest absolute Gasteiger partial charge is 0.369 e. The van der Waals surface area contributed by atoms with E-state index in [0.717, 1.165) is 6.42 Å². The van der Waals surface area contributed by atoms with Crippen LogP contribution in [0.15, 0.2) is 0 Å². The van der Waals surface area contributed by atoms with Gasteiger partial charge in [-0.2, -0.15) is 0 Å². The summed E-state index contributed by atoms with van der Waals surface area (Å²) in [6, 6.07) is 0. The van der Waals surface area contributed by atoms with Crippen molar-refractivity contribution in [2.45, 2.75) is 26.7 Å². The number of nitrogens with one attached hydrogen (secondary N) is 1. The first-order valence-electron chi connectivity index (χ1n) is 4.07. The summed E-state index contributed by atoms with van der Waals surface area (Å²) in [5.41, 5.74) is 4.83. The molecular weight excluding hydrogens is 156 g/mol. The van der Waals surface area contributed by atoms with E-state index in [0.29, 0.717) is 12.5 Å². The summed E-state index contributed by atoms with van der Waals surface area (Å²) < 4.78 is 0. The fourth-order valence-electron chi connectivity index (χ4n) is 0.721. The predicted octanol–water partition coefficient (Wildman–Crippen LogP) is 0.0241. The van der Waals surface area contributed by atoms with Crippen molar-refractivity contribution in [1.82, 2.24) is 5.32 Å². The molecule has 0 spiro atoms. The Hall–Kier alpha value is -1.06. The first-order chi connectivity index (χ1) is 5.52. The Morgan fingerprint density at radius 3 is 2.42 bits per heavy atom. The molecule has 0 saturated heterocycles. The zero-order chi connectivity index (χ0) is 9.56. The van der Waals surface area contributed by atoms with Crippen LogP contribution in [0, 0.1) is 5.92 Å². The van der Waals surface area contributed by atoms with Gasteiger partial charge >= 0.3 is 0 Å². The van der Waals surface area contributed by atoms with Crippen LogP contribution in [0.4, 0.5) is 0 Å². The van der Waals surface area contributed by atoms with E-state index >= 15 is 0 Å². The second-order valence-electron chi connectivity index (χ2n) is 3.18. The molecule has 70 valence electrons. The highest BCUT2D eigenvalue weighted by atomic mass is 16.2. The molecule has 0 bridgehead atoms. The Balaban J connectivity index is 3.38. The first-order valence-corrected chi connectivity index (χ1v) is 4.07. The number of hydrogen-bond acceptors (Lipinski definition) is 2. The summed E-state index contributed by atoms with van der Waals surface area (Å²) in [6.07, 6.45) is 0.711. The van der Waals surface area contributed by atoms with Crippen molar-refractivity contribution in [3.8, 4) is 0 Å². The van der Waals surface area contributed by atoms with Crippen LogP contribution in [-0.4, -0.2) is 18.4 Å². The molecule has 0 fully saturated rings. The molecule has 0 unspecified atom stereocenters. The van der Waals surface area contributed by atoms with Gasteiger partial charge in [-0.25, -0.2) is 0 Å². The fourth-order valence-corrected chi connectivity index (χ4v) is 0.721. The van der Waals surface area contributed by atoms with E-state index in [-0.39, 0.29) is 12.3 Å². The predicted molar refractivity (Wildman–Crippen MR) is 46.3 cm³/mol. The molecular formula is C8H16N2O2. The summed E-state index contributed by atoms with van der Waals surface area (Å²) >= 11 is 0. The summed E-state index contributed by atoms with van der Waals surface area (Å²) in [5, 5.41) is 2.61. The van der Waals surface area contributed by atoms with Gasteiger partial charge < -0.3 is 11.1 Å². The number of amides is 2. The Bertz CT molecular complexity index is 166. The average molecular weight is 172 g/mol. The monoisotopic (exact) mass is 172 g/mol. The number of rotatable bonds is 5. The van der Waals surface area contributed by atoms with Gasteiger partial charge in [0.25, 0.3) is 0 Å². The van der Waals surface area contributed by atoms with E-state index in [1.807, 2.05) is 0 Å². The Labute approximate surface area is 72.5 Å². The lowest BCUT2D eigenvalue weighted by Crippen LogP contribution is -2.29. The highest BCUT2D eigenvalue weighted by Crippen LogP contribution is 1.96. The molecule has 0 aromatic rings. The van der Waals surface area contributed by atoms with Gasteiger partial charge in [0.2, 0.25) is 11.8 Å². The van der Waals surface area contributed by atoms with Crippen molar-refractivity contribution in [3.63, 3.8) is 0 Å². The summed E-state index contributed by atoms with van der Waals surface area (Å²) in [4.78, 5) is 21.1. The Morgan fingerprint density at radius 1 is 1.42 bits per heavy atom. The van der Waals surface area contributed by atoms with Gasteiger partial charge in [-0.15, -0.1) is 0 Å². The Kier molecular flexibility index (Phi) is 5.08. The minimum absolute atomic E-state index is 0.210. The summed E-state index contributed by atoms with van der Waals surface area (Å²) in [5.74, 6) is -0.320. The van der Waals surface area contributed by atoms with Gasteiger partial charge in [0.15, 0.2) is 0 Å². The highest BCUT2D eigenvalue weighted by molar-refractivity contribution is 5.95. The molecule has 0 heterocycles. The van der Waals surface area contributed by atoms with Crippen molar-refractivity contribution in [1.29, 1.82) is 0 Å². The third kappa shape index (κ3) is 7.05. The normalized spacial score (nSPS) is 9.92. The van der Waals surface area contributed by atoms with Crippen LogP contribution < -0.4 is 11.1 Å². The molecule has 0 saturated carbocycles. The van der Waals surface area contributed by atoms with Gasteiger partial charge in [0.1, 0.15) is 6.42 Å². The van der Waals surface area contributed by atoms with E-state index < -0.39 is 5.91 Å². The van der Waals surface area contributed by atoms with Crippen LogP contribution in [0.2, 0.25) is 0 Å². The molecule has 0 rings (SSSR count). The van der Waals surface area contributed by atoms with Gasteiger partial charge in [-0.05, 0) is 12.3 Å². The number of carbonyl (C=O) groups is 2. The van der Waals surface area contributed by atoms with Crippen LogP contribution in [0.3, 0.4) is 0 Å². The lowest BCUT2D eigenvalue weighted by Gasteiger charge is -2.05. The second kappa shape index (κ2) is 5.57. The maximum Gasteiger partial charge on any atom is 0.229 e. The van der Waals surface area contributed by atoms with Crippen LogP contribution in [-0.2, 0) is 9.59 Å². The quantitative estimate of drug-likeness (QED) is 0.574. The van der Waals surface area contributed by atoms with Crippen molar-refractivity contribution in [2.75, 3.05) is 6.54 Å². The lowest BCUT2D eigenvalue weighted by atomic mass is 10.1. The summed E-state index contributed by atoms with van der Waals surface area (Å²) in [7, 11) is 0. The van der Waals surface area contributed by atoms with E-state index in [1.165, 1.54) is 0 Å². The van der Waals surface area contributed by atoms with E-state index in [4.69, 9.17) is 5.73 Å². The van der Waals surface area contributed by atoms with Crippen molar-refractivity contribution < 1.29 is 9.59 Å². The van der Waals surface area contributed by atoms with E-state index in [1.54, 1.807) is 0 Å². The minimum atomic E-state index is -0.586. The zero-order valence-electron chi connectivity index (χ0n) is 7.59. The van der Waals surface area contributed by atoms with Crippen molar-refractivity contribution >= 4 is 11.8 Å². The molecule has 0 radical (unpaired) electrons. The van der Waals surface area contributed by atoms with Gasteiger partial charge in [-0.1, -0.05) is 13.8 Å². The molecule has 0 aromatic heterocycles. The highest BCUT2D eigenvalue weighted by Gasteiger charge is 2.04. The van der Waals surface area contributed by atoms with Crippen LogP contribution >= 0.6 is 0 Å². The molecule has 2 amide bonds. The average Bonchev–Trinajstić information content (AvgIpc) is 1.84.